The van der Waals surface area contributed by atoms with E-state index in [0.29, 0.717) is 6.42 Å². The molecule has 1 rings (SSSR count). The van der Waals surface area contributed by atoms with E-state index in [1.807, 2.05) is 0 Å². The Bertz CT molecular complexity index is 463. The van der Waals surface area contributed by atoms with Crippen LogP contribution in [-0.2, 0) is 0 Å². The van der Waals surface area contributed by atoms with Gasteiger partial charge in [-0.2, -0.15) is 18.4 Å². The Labute approximate surface area is 109 Å². The maximum absolute atomic E-state index is 13.5. The van der Waals surface area contributed by atoms with Crippen LogP contribution >= 0.6 is 0 Å². The zero-order chi connectivity index (χ0) is 14.5. The summed E-state index contributed by atoms with van der Waals surface area (Å²) in [6, 6.07) is 5.48. The van der Waals surface area contributed by atoms with E-state index in [4.69, 9.17) is 5.26 Å². The molecule has 0 fully saturated rings. The third-order valence-corrected chi connectivity index (χ3v) is 2.60. The molecule has 0 radical (unpaired) electrons. The predicted molar refractivity (Wildman–Crippen MR) is 64.1 cm³/mol. The van der Waals surface area contributed by atoms with Gasteiger partial charge in [0.2, 0.25) is 0 Å². The lowest BCUT2D eigenvalue weighted by Gasteiger charge is -2.16. The van der Waals surface area contributed by atoms with Crippen molar-refractivity contribution in [2.24, 2.45) is 0 Å². The van der Waals surface area contributed by atoms with E-state index < -0.39 is 18.4 Å². The van der Waals surface area contributed by atoms with Gasteiger partial charge >= 0.3 is 6.18 Å². The summed E-state index contributed by atoms with van der Waals surface area (Å²) < 4.78 is 49.4. The molecule has 0 saturated carbocycles. The Balaban J connectivity index is 2.49. The van der Waals surface area contributed by atoms with Crippen LogP contribution in [0.25, 0.3) is 0 Å². The normalized spacial score (nSPS) is 12.8. The lowest BCUT2D eigenvalue weighted by Crippen LogP contribution is -2.17. The Morgan fingerprint density at radius 3 is 2.58 bits per heavy atom. The minimum atomic E-state index is -4.15. The van der Waals surface area contributed by atoms with E-state index in [1.54, 1.807) is 13.0 Å². The fraction of sp³-hybridized carbons (Fsp3) is 0.462. The van der Waals surface area contributed by atoms with Gasteiger partial charge in [0, 0.05) is 12.5 Å². The van der Waals surface area contributed by atoms with Crippen molar-refractivity contribution >= 4 is 5.69 Å². The molecule has 0 saturated heterocycles. The molecule has 6 heteroatoms. The van der Waals surface area contributed by atoms with Gasteiger partial charge in [0.05, 0.1) is 17.3 Å². The van der Waals surface area contributed by atoms with Crippen molar-refractivity contribution in [2.45, 2.75) is 38.4 Å². The minimum absolute atomic E-state index is 0.00440. The zero-order valence-electron chi connectivity index (χ0n) is 10.4. The molecule has 1 aromatic rings. The Morgan fingerprint density at radius 1 is 1.37 bits per heavy atom. The smallest absolute Gasteiger partial charge is 0.380 e. The van der Waals surface area contributed by atoms with Crippen molar-refractivity contribution < 1.29 is 17.6 Å². The molecular formula is C13H14F4N2. The van der Waals surface area contributed by atoms with E-state index in [9.17, 15) is 17.6 Å². The Hall–Kier alpha value is -1.77. The van der Waals surface area contributed by atoms with Gasteiger partial charge in [-0.1, -0.05) is 0 Å². The van der Waals surface area contributed by atoms with E-state index in [-0.39, 0.29) is 23.7 Å². The van der Waals surface area contributed by atoms with Crippen LogP contribution in [0.3, 0.4) is 0 Å². The van der Waals surface area contributed by atoms with Gasteiger partial charge < -0.3 is 5.32 Å². The third-order valence-electron chi connectivity index (χ3n) is 2.60. The van der Waals surface area contributed by atoms with Crippen LogP contribution in [-0.4, -0.2) is 12.2 Å². The summed E-state index contributed by atoms with van der Waals surface area (Å²) in [5, 5.41) is 11.4. The van der Waals surface area contributed by atoms with Crippen LogP contribution in [0.15, 0.2) is 18.2 Å². The summed E-state index contributed by atoms with van der Waals surface area (Å²) in [5.74, 6) is -0.582. The quantitative estimate of drug-likeness (QED) is 0.815. The molecule has 19 heavy (non-hydrogen) atoms. The number of anilines is 1. The molecule has 1 atom stereocenters. The number of hydrogen-bond acceptors (Lipinski definition) is 2. The van der Waals surface area contributed by atoms with Gasteiger partial charge in [0.15, 0.2) is 0 Å². The van der Waals surface area contributed by atoms with Gasteiger partial charge in [0.25, 0.3) is 0 Å². The average molecular weight is 274 g/mol. The first kappa shape index (κ1) is 15.3. The highest BCUT2D eigenvalue weighted by Crippen LogP contribution is 2.23. The van der Waals surface area contributed by atoms with E-state index >= 15 is 0 Å². The van der Waals surface area contributed by atoms with Crippen molar-refractivity contribution in [3.8, 4) is 6.07 Å². The Morgan fingerprint density at radius 2 is 2.05 bits per heavy atom. The second-order valence-corrected chi connectivity index (χ2v) is 4.36. The van der Waals surface area contributed by atoms with E-state index in [1.165, 1.54) is 12.1 Å². The fourth-order valence-electron chi connectivity index (χ4n) is 1.65. The summed E-state index contributed by atoms with van der Waals surface area (Å²) in [6.07, 6.45) is -4.71. The molecule has 2 nitrogen and oxygen atoms in total. The highest BCUT2D eigenvalue weighted by Gasteiger charge is 2.26. The molecule has 1 aromatic carbocycles. The van der Waals surface area contributed by atoms with Crippen LogP contribution in [0.2, 0.25) is 0 Å². The molecule has 0 spiro atoms. The number of nitrogens with one attached hydrogen (secondary N) is 1. The molecule has 0 bridgehead atoms. The number of rotatable bonds is 5. The highest BCUT2D eigenvalue weighted by molar-refractivity contribution is 5.49. The van der Waals surface area contributed by atoms with Gasteiger partial charge in [-0.3, -0.25) is 0 Å². The van der Waals surface area contributed by atoms with Crippen molar-refractivity contribution in [1.29, 1.82) is 5.26 Å². The first-order valence-electron chi connectivity index (χ1n) is 5.85. The van der Waals surface area contributed by atoms with Crippen LogP contribution in [0.5, 0.6) is 0 Å². The zero-order valence-corrected chi connectivity index (χ0v) is 10.4. The predicted octanol–water partition coefficient (Wildman–Crippen LogP) is 4.23. The lowest BCUT2D eigenvalue weighted by atomic mass is 10.1. The topological polar surface area (TPSA) is 35.8 Å². The maximum atomic E-state index is 13.5. The molecule has 0 aliphatic carbocycles. The number of nitrogens with zero attached hydrogens (tertiary/aromatic N) is 1. The number of nitriles is 1. The molecular weight excluding hydrogens is 260 g/mol. The van der Waals surface area contributed by atoms with Crippen molar-refractivity contribution in [2.75, 3.05) is 5.32 Å². The molecule has 0 heterocycles. The van der Waals surface area contributed by atoms with E-state index in [0.717, 1.165) is 6.07 Å². The van der Waals surface area contributed by atoms with Crippen molar-refractivity contribution in [3.63, 3.8) is 0 Å². The van der Waals surface area contributed by atoms with E-state index in [2.05, 4.69) is 5.32 Å². The first-order valence-corrected chi connectivity index (χ1v) is 5.85. The number of hydrogen-bond donors (Lipinski definition) is 1. The van der Waals surface area contributed by atoms with Crippen LogP contribution < -0.4 is 5.32 Å². The molecule has 104 valence electrons. The summed E-state index contributed by atoms with van der Waals surface area (Å²) in [6.45, 7) is 1.69. The second-order valence-electron chi connectivity index (χ2n) is 4.36. The van der Waals surface area contributed by atoms with Gasteiger partial charge in [0.1, 0.15) is 5.82 Å². The second kappa shape index (κ2) is 6.41. The van der Waals surface area contributed by atoms with Gasteiger partial charge in [-0.25, -0.2) is 4.39 Å². The summed E-state index contributed by atoms with van der Waals surface area (Å²) >= 11 is 0. The fourth-order valence-corrected chi connectivity index (χ4v) is 1.65. The summed E-state index contributed by atoms with van der Waals surface area (Å²) in [4.78, 5) is 0. The third kappa shape index (κ3) is 5.60. The van der Waals surface area contributed by atoms with Crippen molar-refractivity contribution in [3.05, 3.63) is 29.6 Å². The summed E-state index contributed by atoms with van der Waals surface area (Å²) in [5.41, 5.74) is 0.395. The maximum Gasteiger partial charge on any atom is 0.389 e. The SMILES string of the molecule is CC(CCCC(F)(F)F)Nc1ccc(C#N)cc1F. The standard InChI is InChI=1S/C13H14F4N2/c1-9(3-2-6-13(15,16)17)19-12-5-4-10(8-18)7-11(12)14/h4-5,7,9,19H,2-3,6H2,1H3. The van der Waals surface area contributed by atoms with Gasteiger partial charge in [-0.05, 0) is 38.0 Å². The van der Waals surface area contributed by atoms with Crippen LogP contribution in [0, 0.1) is 17.1 Å². The number of alkyl halides is 3. The minimum Gasteiger partial charge on any atom is -0.380 e. The summed E-state index contributed by atoms with van der Waals surface area (Å²) in [7, 11) is 0. The number of benzene rings is 1. The lowest BCUT2D eigenvalue weighted by molar-refractivity contribution is -0.135. The molecule has 0 amide bonds. The monoisotopic (exact) mass is 274 g/mol. The highest BCUT2D eigenvalue weighted by atomic mass is 19.4. The largest absolute Gasteiger partial charge is 0.389 e. The molecule has 1 N–H and O–H groups in total. The van der Waals surface area contributed by atoms with Crippen molar-refractivity contribution in [1.82, 2.24) is 0 Å². The van der Waals surface area contributed by atoms with Crippen LogP contribution in [0.1, 0.15) is 31.7 Å². The number of halogens is 4. The average Bonchev–Trinajstić information content (AvgIpc) is 2.30. The Kier molecular flexibility index (Phi) is 5.16. The molecule has 1 unspecified atom stereocenters. The first-order chi connectivity index (χ1) is 8.81. The van der Waals surface area contributed by atoms with Gasteiger partial charge in [-0.15, -0.1) is 0 Å². The molecule has 0 aromatic heterocycles. The molecule has 0 aliphatic heterocycles. The molecule has 0 aliphatic rings. The van der Waals surface area contributed by atoms with Crippen LogP contribution in [0.4, 0.5) is 23.2 Å².